The molecule has 9 nitrogen and oxygen atoms in total. The normalized spacial score (nSPS) is 15.2. The fraction of sp³-hybridized carbons (Fsp3) is 0.320. The van der Waals surface area contributed by atoms with Crippen molar-refractivity contribution >= 4 is 23.7 Å². The number of benzene rings is 2. The van der Waals surface area contributed by atoms with Gasteiger partial charge in [0.1, 0.15) is 18.4 Å². The largest absolute Gasteiger partial charge is 0.528 e. The Morgan fingerprint density at radius 1 is 1.16 bits per heavy atom. The van der Waals surface area contributed by atoms with Crippen LogP contribution in [0.2, 0.25) is 5.02 Å². The lowest BCUT2D eigenvalue weighted by Gasteiger charge is -2.36. The van der Waals surface area contributed by atoms with E-state index < -0.39 is 36.4 Å². The molecule has 0 saturated heterocycles. The zero-order valence-electron chi connectivity index (χ0n) is 20.0. The molecule has 196 valence electrons. The summed E-state index contributed by atoms with van der Waals surface area (Å²) in [6, 6.07) is 7.71. The van der Waals surface area contributed by atoms with E-state index in [-0.39, 0.29) is 35.9 Å². The van der Waals surface area contributed by atoms with Gasteiger partial charge in [-0.15, -0.1) is 5.06 Å². The van der Waals surface area contributed by atoms with Crippen LogP contribution in [0.1, 0.15) is 34.1 Å². The second-order valence-corrected chi connectivity index (χ2v) is 8.86. The van der Waals surface area contributed by atoms with E-state index in [1.165, 1.54) is 29.3 Å². The lowest BCUT2D eigenvalue weighted by molar-refractivity contribution is -0.151. The van der Waals surface area contributed by atoms with E-state index in [1.807, 2.05) is 19.9 Å². The maximum Gasteiger partial charge on any atom is 0.528 e. The topological polar surface area (TPSA) is 103 Å². The van der Waals surface area contributed by atoms with Gasteiger partial charge in [0.05, 0.1) is 12.2 Å². The number of hydrogen-bond donors (Lipinski definition) is 1. The summed E-state index contributed by atoms with van der Waals surface area (Å²) >= 11 is 6.21. The number of fused-ring (bicyclic) bond motifs is 1. The van der Waals surface area contributed by atoms with Crippen molar-refractivity contribution in [3.8, 4) is 5.75 Å². The van der Waals surface area contributed by atoms with E-state index >= 15 is 0 Å². The first kappa shape index (κ1) is 26.4. The van der Waals surface area contributed by atoms with Gasteiger partial charge in [-0.3, -0.25) is 4.68 Å². The van der Waals surface area contributed by atoms with Crippen LogP contribution in [-0.2, 0) is 27.3 Å². The summed E-state index contributed by atoms with van der Waals surface area (Å²) in [7, 11) is 0. The molecule has 1 atom stereocenters. The van der Waals surface area contributed by atoms with Gasteiger partial charge in [0, 0.05) is 22.8 Å². The van der Waals surface area contributed by atoms with Crippen molar-refractivity contribution in [1.82, 2.24) is 14.8 Å². The molecule has 0 spiro atoms. The second-order valence-electron chi connectivity index (χ2n) is 8.43. The second kappa shape index (κ2) is 11.1. The molecule has 0 fully saturated rings. The number of hydroxylamine groups is 2. The SMILES string of the molecule is Cc1cc(C)n(CCOC(=O)ON2CCc3c(ccc(F)c3F)[C@H]2c2cc(Cl)ccc2OCC(=O)O)n1. The summed E-state index contributed by atoms with van der Waals surface area (Å²) < 4.78 is 41.0. The van der Waals surface area contributed by atoms with Crippen LogP contribution in [0.3, 0.4) is 0 Å². The van der Waals surface area contributed by atoms with Crippen molar-refractivity contribution in [3.05, 3.63) is 81.1 Å². The number of rotatable bonds is 8. The van der Waals surface area contributed by atoms with Crippen molar-refractivity contribution < 1.29 is 37.8 Å². The van der Waals surface area contributed by atoms with Crippen LogP contribution < -0.4 is 4.74 Å². The van der Waals surface area contributed by atoms with Gasteiger partial charge in [0.2, 0.25) is 0 Å². The van der Waals surface area contributed by atoms with Crippen LogP contribution in [0.5, 0.6) is 5.75 Å². The molecule has 12 heteroatoms. The highest BCUT2D eigenvalue weighted by Crippen LogP contribution is 2.41. The van der Waals surface area contributed by atoms with E-state index in [9.17, 15) is 18.4 Å². The van der Waals surface area contributed by atoms with E-state index in [2.05, 4.69) is 5.10 Å². The highest BCUT2D eigenvalue weighted by molar-refractivity contribution is 6.30. The van der Waals surface area contributed by atoms with Crippen LogP contribution >= 0.6 is 11.6 Å². The average molecular weight is 536 g/mol. The van der Waals surface area contributed by atoms with Crippen molar-refractivity contribution in [2.45, 2.75) is 32.9 Å². The molecular formula is C25H24ClF2N3O6. The number of ether oxygens (including phenoxy) is 2. The van der Waals surface area contributed by atoms with Gasteiger partial charge in [0.25, 0.3) is 0 Å². The van der Waals surface area contributed by atoms with E-state index in [0.717, 1.165) is 17.5 Å². The molecule has 4 rings (SSSR count). The number of carbonyl (C=O) groups excluding carboxylic acids is 1. The van der Waals surface area contributed by atoms with Gasteiger partial charge in [-0.2, -0.15) is 5.10 Å². The maximum atomic E-state index is 14.7. The number of hydrogen-bond acceptors (Lipinski definition) is 7. The quantitative estimate of drug-likeness (QED) is 0.417. The molecule has 0 bridgehead atoms. The molecule has 3 aromatic rings. The van der Waals surface area contributed by atoms with Gasteiger partial charge in [-0.05, 0) is 61.7 Å². The third kappa shape index (κ3) is 6.00. The van der Waals surface area contributed by atoms with Crippen LogP contribution in [0.15, 0.2) is 36.4 Å². The van der Waals surface area contributed by atoms with Crippen LogP contribution in [0.25, 0.3) is 0 Å². The van der Waals surface area contributed by atoms with Crippen molar-refractivity contribution in [1.29, 1.82) is 0 Å². The number of halogens is 3. The minimum atomic E-state index is -1.21. The Morgan fingerprint density at radius 3 is 2.65 bits per heavy atom. The fourth-order valence-corrected chi connectivity index (χ4v) is 4.47. The number of nitrogens with zero attached hydrogens (tertiary/aromatic N) is 3. The van der Waals surface area contributed by atoms with Gasteiger partial charge >= 0.3 is 12.1 Å². The van der Waals surface area contributed by atoms with E-state index in [0.29, 0.717) is 17.7 Å². The fourth-order valence-electron chi connectivity index (χ4n) is 4.29. The highest BCUT2D eigenvalue weighted by Gasteiger charge is 2.36. The van der Waals surface area contributed by atoms with Gasteiger partial charge < -0.3 is 19.4 Å². The first-order valence-electron chi connectivity index (χ1n) is 11.4. The molecule has 37 heavy (non-hydrogen) atoms. The van der Waals surface area contributed by atoms with Crippen LogP contribution in [0.4, 0.5) is 13.6 Å². The zero-order valence-corrected chi connectivity index (χ0v) is 20.8. The molecule has 2 aromatic carbocycles. The van der Waals surface area contributed by atoms with E-state index in [4.69, 9.17) is 31.0 Å². The Kier molecular flexibility index (Phi) is 7.94. The molecule has 1 aliphatic rings. The molecule has 2 heterocycles. The van der Waals surface area contributed by atoms with Gasteiger partial charge in [0.15, 0.2) is 18.2 Å². The molecule has 1 aliphatic heterocycles. The van der Waals surface area contributed by atoms with Crippen molar-refractivity contribution in [2.75, 3.05) is 19.8 Å². The molecule has 0 radical (unpaired) electrons. The Hall–Kier alpha value is -3.70. The van der Waals surface area contributed by atoms with Crippen molar-refractivity contribution in [2.24, 2.45) is 0 Å². The third-order valence-corrected chi connectivity index (χ3v) is 6.07. The van der Waals surface area contributed by atoms with Gasteiger partial charge in [-0.1, -0.05) is 17.7 Å². The van der Waals surface area contributed by atoms with E-state index in [1.54, 1.807) is 4.68 Å². The summed E-state index contributed by atoms with van der Waals surface area (Å²) in [6.07, 6.45) is -0.965. The maximum absolute atomic E-state index is 14.7. The Balaban J connectivity index is 1.61. The van der Waals surface area contributed by atoms with Crippen molar-refractivity contribution in [3.63, 3.8) is 0 Å². The number of aliphatic carboxylic acids is 1. The zero-order chi connectivity index (χ0) is 26.7. The molecule has 0 amide bonds. The third-order valence-electron chi connectivity index (χ3n) is 5.83. The number of carboxylic acids is 1. The summed E-state index contributed by atoms with van der Waals surface area (Å²) in [5, 5.41) is 14.9. The lowest BCUT2D eigenvalue weighted by Crippen LogP contribution is -2.39. The summed E-state index contributed by atoms with van der Waals surface area (Å²) in [5.74, 6) is -3.10. The van der Waals surface area contributed by atoms with Crippen LogP contribution in [0, 0.1) is 25.5 Å². The predicted molar refractivity (Wildman–Crippen MR) is 127 cm³/mol. The smallest absolute Gasteiger partial charge is 0.482 e. The number of carbonyl (C=O) groups is 2. The first-order chi connectivity index (χ1) is 17.6. The Bertz CT molecular complexity index is 1330. The number of aromatic nitrogens is 2. The minimum absolute atomic E-state index is 0.00448. The minimum Gasteiger partial charge on any atom is -0.482 e. The summed E-state index contributed by atoms with van der Waals surface area (Å²) in [5.41, 5.74) is 2.46. The summed E-state index contributed by atoms with van der Waals surface area (Å²) in [4.78, 5) is 29.2. The number of carboxylic acid groups (broad SMARTS) is 1. The van der Waals surface area contributed by atoms with Gasteiger partial charge in [-0.25, -0.2) is 18.4 Å². The molecule has 0 saturated carbocycles. The first-order valence-corrected chi connectivity index (χ1v) is 11.7. The lowest BCUT2D eigenvalue weighted by atomic mass is 9.88. The Labute approximate surface area is 216 Å². The molecule has 0 unspecified atom stereocenters. The highest BCUT2D eigenvalue weighted by atomic mass is 35.5. The average Bonchev–Trinajstić information content (AvgIpc) is 3.17. The molecule has 1 N–H and O–H groups in total. The summed E-state index contributed by atoms with van der Waals surface area (Å²) in [6.45, 7) is 3.38. The molecule has 1 aromatic heterocycles. The predicted octanol–water partition coefficient (Wildman–Crippen LogP) is 4.61. The molecule has 0 aliphatic carbocycles. The Morgan fingerprint density at radius 2 is 1.95 bits per heavy atom. The monoisotopic (exact) mass is 535 g/mol. The number of aryl methyl sites for hydroxylation is 2. The standard InChI is InChI=1S/C25H24ClF2N3O6/c1-14-11-15(2)30(29-14)9-10-35-25(34)37-31-8-7-17-18(4-5-20(27)23(17)28)24(31)19-12-16(26)3-6-21(19)36-13-22(32)33/h3-6,11-12,24H,7-10,13H2,1-2H3,(H,32,33)/t24-/m0/s1. The molecular weight excluding hydrogens is 512 g/mol. The van der Waals surface area contributed by atoms with Crippen LogP contribution in [-0.4, -0.2) is 51.8 Å².